The van der Waals surface area contributed by atoms with Crippen molar-refractivity contribution in [3.8, 4) is 0 Å². The van der Waals surface area contributed by atoms with Crippen LogP contribution in [0, 0.1) is 0 Å². The van der Waals surface area contributed by atoms with E-state index in [0.717, 1.165) is 12.1 Å². The van der Waals surface area contributed by atoms with Crippen LogP contribution in [-0.2, 0) is 20.4 Å². The number of carbonyl (C=O) groups is 1. The van der Waals surface area contributed by atoms with Crippen molar-refractivity contribution in [2.45, 2.75) is 6.18 Å². The fourth-order valence-electron chi connectivity index (χ4n) is 1.70. The lowest BCUT2D eigenvalue weighted by atomic mass is 10.1. The zero-order valence-corrected chi connectivity index (χ0v) is 12.7. The first-order valence-electron chi connectivity index (χ1n) is 6.50. The Morgan fingerprint density at radius 3 is 2.50 bits per heavy atom. The molecule has 5 nitrogen and oxygen atoms in total. The summed E-state index contributed by atoms with van der Waals surface area (Å²) in [6, 6.07) is 3.19. The Hall–Kier alpha value is -1.80. The Morgan fingerprint density at radius 1 is 1.27 bits per heavy atom. The summed E-state index contributed by atoms with van der Waals surface area (Å²) in [4.78, 5) is 13.3. The summed E-state index contributed by atoms with van der Waals surface area (Å²) in [5.41, 5.74) is -0.271. The highest BCUT2D eigenvalue weighted by molar-refractivity contribution is 5.95. The van der Waals surface area contributed by atoms with Crippen molar-refractivity contribution in [2.75, 3.05) is 51.2 Å². The molecule has 1 aromatic carbocycles. The number of amides is 1. The Kier molecular flexibility index (Phi) is 6.63. The van der Waals surface area contributed by atoms with Crippen LogP contribution in [0.15, 0.2) is 18.2 Å². The Morgan fingerprint density at radius 2 is 1.95 bits per heavy atom. The van der Waals surface area contributed by atoms with Gasteiger partial charge in [0.1, 0.15) is 6.61 Å². The standard InChI is InChI=1S/C14H19F3N2O3/c1-19(2)12-5-4-10(14(15,16)17)8-11(12)18-13(20)9-22-7-6-21-3/h4-5,8H,6-7,9H2,1-3H3,(H,18,20). The average molecular weight is 320 g/mol. The van der Waals surface area contributed by atoms with Gasteiger partial charge < -0.3 is 19.7 Å². The molecule has 1 amide bonds. The number of benzene rings is 1. The van der Waals surface area contributed by atoms with E-state index in [2.05, 4.69) is 5.32 Å². The summed E-state index contributed by atoms with van der Waals surface area (Å²) in [5.74, 6) is -0.529. The van der Waals surface area contributed by atoms with Gasteiger partial charge >= 0.3 is 6.18 Å². The molecule has 0 bridgehead atoms. The summed E-state index contributed by atoms with van der Waals surface area (Å²) in [6.07, 6.45) is -4.47. The molecule has 0 aliphatic heterocycles. The topological polar surface area (TPSA) is 50.8 Å². The van der Waals surface area contributed by atoms with Crippen LogP contribution in [0.25, 0.3) is 0 Å². The van der Waals surface area contributed by atoms with E-state index in [0.29, 0.717) is 12.3 Å². The zero-order valence-electron chi connectivity index (χ0n) is 12.7. The maximum Gasteiger partial charge on any atom is 0.416 e. The molecule has 0 aliphatic carbocycles. The van der Waals surface area contributed by atoms with Gasteiger partial charge in [0.2, 0.25) is 5.91 Å². The molecule has 0 saturated carbocycles. The monoisotopic (exact) mass is 320 g/mol. The molecule has 1 N–H and O–H groups in total. The molecule has 124 valence electrons. The normalized spacial score (nSPS) is 11.4. The number of anilines is 2. The van der Waals surface area contributed by atoms with Crippen LogP contribution >= 0.6 is 0 Å². The smallest absolute Gasteiger partial charge is 0.382 e. The predicted molar refractivity (Wildman–Crippen MR) is 77.1 cm³/mol. The summed E-state index contributed by atoms with van der Waals surface area (Å²) in [7, 11) is 4.84. The number of rotatable bonds is 7. The summed E-state index contributed by atoms with van der Waals surface area (Å²) < 4.78 is 48.1. The molecule has 0 aliphatic rings. The van der Waals surface area contributed by atoms with Crippen LogP contribution in [-0.4, -0.2) is 46.9 Å². The Bertz CT molecular complexity index is 505. The van der Waals surface area contributed by atoms with Gasteiger partial charge in [-0.1, -0.05) is 0 Å². The van der Waals surface area contributed by atoms with E-state index in [1.165, 1.54) is 13.2 Å². The number of halogens is 3. The fraction of sp³-hybridized carbons (Fsp3) is 0.500. The quantitative estimate of drug-likeness (QED) is 0.784. The van der Waals surface area contributed by atoms with Crippen LogP contribution in [0.2, 0.25) is 0 Å². The molecule has 0 fully saturated rings. The van der Waals surface area contributed by atoms with Gasteiger partial charge in [-0.25, -0.2) is 0 Å². The third kappa shape index (κ3) is 5.53. The minimum atomic E-state index is -4.47. The predicted octanol–water partition coefficient (Wildman–Crippen LogP) is 2.37. The highest BCUT2D eigenvalue weighted by Gasteiger charge is 2.31. The number of nitrogens with zero attached hydrogens (tertiary/aromatic N) is 1. The van der Waals surface area contributed by atoms with E-state index in [1.807, 2.05) is 0 Å². The Labute approximate surface area is 127 Å². The number of alkyl halides is 3. The summed E-state index contributed by atoms with van der Waals surface area (Å²) in [5, 5.41) is 2.43. The van der Waals surface area contributed by atoms with Gasteiger partial charge in [-0.15, -0.1) is 0 Å². The van der Waals surface area contributed by atoms with Gasteiger partial charge in [0, 0.05) is 21.2 Å². The van der Waals surface area contributed by atoms with Crippen molar-refractivity contribution in [2.24, 2.45) is 0 Å². The molecule has 1 aromatic rings. The molecule has 0 spiro atoms. The van der Waals surface area contributed by atoms with Crippen LogP contribution in [0.5, 0.6) is 0 Å². The molecule has 1 rings (SSSR count). The molecule has 0 aromatic heterocycles. The molecule has 8 heteroatoms. The molecule has 22 heavy (non-hydrogen) atoms. The number of nitrogens with one attached hydrogen (secondary N) is 1. The summed E-state index contributed by atoms with van der Waals surface area (Å²) >= 11 is 0. The second-order valence-electron chi connectivity index (χ2n) is 4.72. The first-order valence-corrected chi connectivity index (χ1v) is 6.50. The van der Waals surface area contributed by atoms with Crippen LogP contribution in [0.4, 0.5) is 24.5 Å². The van der Waals surface area contributed by atoms with Crippen molar-refractivity contribution < 1.29 is 27.4 Å². The fourth-order valence-corrected chi connectivity index (χ4v) is 1.70. The number of hydrogen-bond donors (Lipinski definition) is 1. The van der Waals surface area contributed by atoms with E-state index < -0.39 is 17.6 Å². The summed E-state index contributed by atoms with van der Waals surface area (Å²) in [6.45, 7) is 0.305. The largest absolute Gasteiger partial charge is 0.416 e. The maximum atomic E-state index is 12.8. The third-order valence-electron chi connectivity index (χ3n) is 2.74. The molecule has 0 heterocycles. The SMILES string of the molecule is COCCOCC(=O)Nc1cc(C(F)(F)F)ccc1N(C)C. The zero-order chi connectivity index (χ0) is 16.8. The van der Waals surface area contributed by atoms with Gasteiger partial charge in [0.05, 0.1) is 30.2 Å². The number of methoxy groups -OCH3 is 1. The molecule has 0 radical (unpaired) electrons. The van der Waals surface area contributed by atoms with E-state index in [4.69, 9.17) is 9.47 Å². The lowest BCUT2D eigenvalue weighted by molar-refractivity contribution is -0.137. The van der Waals surface area contributed by atoms with Crippen LogP contribution < -0.4 is 10.2 Å². The number of hydrogen-bond acceptors (Lipinski definition) is 4. The van der Waals surface area contributed by atoms with Crippen molar-refractivity contribution in [1.82, 2.24) is 0 Å². The third-order valence-corrected chi connectivity index (χ3v) is 2.74. The van der Waals surface area contributed by atoms with E-state index in [1.54, 1.807) is 19.0 Å². The van der Waals surface area contributed by atoms with E-state index >= 15 is 0 Å². The highest BCUT2D eigenvalue weighted by Crippen LogP contribution is 2.34. The van der Waals surface area contributed by atoms with Crippen molar-refractivity contribution >= 4 is 17.3 Å². The van der Waals surface area contributed by atoms with Gasteiger partial charge in [0.25, 0.3) is 0 Å². The lowest BCUT2D eigenvalue weighted by Crippen LogP contribution is -2.22. The van der Waals surface area contributed by atoms with Gasteiger partial charge in [-0.05, 0) is 18.2 Å². The van der Waals surface area contributed by atoms with Gasteiger partial charge in [-0.3, -0.25) is 4.79 Å². The van der Waals surface area contributed by atoms with E-state index in [9.17, 15) is 18.0 Å². The van der Waals surface area contributed by atoms with Crippen molar-refractivity contribution in [3.05, 3.63) is 23.8 Å². The highest BCUT2D eigenvalue weighted by atomic mass is 19.4. The molecular weight excluding hydrogens is 301 g/mol. The maximum absolute atomic E-state index is 12.8. The first-order chi connectivity index (χ1) is 10.3. The number of carbonyl (C=O) groups excluding carboxylic acids is 1. The minimum absolute atomic E-state index is 0.0835. The van der Waals surface area contributed by atoms with Crippen molar-refractivity contribution in [1.29, 1.82) is 0 Å². The van der Waals surface area contributed by atoms with Crippen LogP contribution in [0.3, 0.4) is 0 Å². The van der Waals surface area contributed by atoms with Gasteiger partial charge in [0.15, 0.2) is 0 Å². The second-order valence-corrected chi connectivity index (χ2v) is 4.72. The molecule has 0 atom stereocenters. The van der Waals surface area contributed by atoms with E-state index in [-0.39, 0.29) is 18.9 Å². The number of ether oxygens (including phenoxy) is 2. The van der Waals surface area contributed by atoms with Gasteiger partial charge in [-0.2, -0.15) is 13.2 Å². The average Bonchev–Trinajstić information content (AvgIpc) is 2.42. The molecule has 0 saturated heterocycles. The Balaban J connectivity index is 2.84. The minimum Gasteiger partial charge on any atom is -0.382 e. The lowest BCUT2D eigenvalue weighted by Gasteiger charge is -2.19. The van der Waals surface area contributed by atoms with Crippen molar-refractivity contribution in [3.63, 3.8) is 0 Å². The molecular formula is C14H19F3N2O3. The second kappa shape index (κ2) is 8.00. The molecule has 0 unspecified atom stereocenters. The first kappa shape index (κ1) is 18.2. The van der Waals surface area contributed by atoms with Crippen LogP contribution in [0.1, 0.15) is 5.56 Å².